The molecule has 3 rings (SSSR count). The van der Waals surface area contributed by atoms with Gasteiger partial charge in [0.2, 0.25) is 0 Å². The Kier molecular flexibility index (Phi) is 2.28. The SMILES string of the molecule is ClC1CC(Nc2ncnc3c2CCC3)C1. The molecule has 0 bridgehead atoms. The number of halogens is 1. The fraction of sp³-hybridized carbons (Fsp3) is 0.636. The molecule has 1 N–H and O–H groups in total. The Morgan fingerprint density at radius 1 is 1.27 bits per heavy atom. The monoisotopic (exact) mass is 223 g/mol. The number of nitrogens with zero attached hydrogens (tertiary/aromatic N) is 2. The zero-order valence-electron chi connectivity index (χ0n) is 8.54. The number of fused-ring (bicyclic) bond motifs is 1. The van der Waals surface area contributed by atoms with Gasteiger partial charge in [0.15, 0.2) is 0 Å². The molecule has 1 aromatic rings. The standard InChI is InChI=1S/C11H14ClN3/c12-7-4-8(5-7)15-11-9-2-1-3-10(9)13-6-14-11/h6-8H,1-5H2,(H,13,14,15). The zero-order valence-corrected chi connectivity index (χ0v) is 9.30. The highest BCUT2D eigenvalue weighted by Gasteiger charge is 2.28. The van der Waals surface area contributed by atoms with E-state index in [2.05, 4.69) is 15.3 Å². The van der Waals surface area contributed by atoms with E-state index in [1.54, 1.807) is 6.33 Å². The summed E-state index contributed by atoms with van der Waals surface area (Å²) in [7, 11) is 0. The molecule has 2 aliphatic rings. The highest BCUT2D eigenvalue weighted by atomic mass is 35.5. The molecule has 2 aliphatic carbocycles. The minimum absolute atomic E-state index is 0.359. The van der Waals surface area contributed by atoms with Crippen molar-refractivity contribution < 1.29 is 0 Å². The Morgan fingerprint density at radius 3 is 2.93 bits per heavy atom. The molecule has 0 amide bonds. The van der Waals surface area contributed by atoms with Crippen LogP contribution in [-0.2, 0) is 12.8 Å². The van der Waals surface area contributed by atoms with Crippen molar-refractivity contribution in [2.24, 2.45) is 0 Å². The third kappa shape index (κ3) is 1.69. The van der Waals surface area contributed by atoms with Crippen LogP contribution in [0.25, 0.3) is 0 Å². The molecule has 1 aromatic heterocycles. The van der Waals surface area contributed by atoms with E-state index in [0.717, 1.165) is 31.5 Å². The summed E-state index contributed by atoms with van der Waals surface area (Å²) >= 11 is 5.95. The molecule has 1 heterocycles. The number of anilines is 1. The summed E-state index contributed by atoms with van der Waals surface area (Å²) < 4.78 is 0. The molecule has 0 radical (unpaired) electrons. The van der Waals surface area contributed by atoms with Crippen molar-refractivity contribution in [2.45, 2.75) is 43.5 Å². The summed E-state index contributed by atoms with van der Waals surface area (Å²) in [6.45, 7) is 0. The largest absolute Gasteiger partial charge is 0.367 e. The van der Waals surface area contributed by atoms with Crippen molar-refractivity contribution in [3.8, 4) is 0 Å². The molecular weight excluding hydrogens is 210 g/mol. The average molecular weight is 224 g/mol. The molecule has 0 aromatic carbocycles. The van der Waals surface area contributed by atoms with Gasteiger partial charge in [-0.3, -0.25) is 0 Å². The van der Waals surface area contributed by atoms with Gasteiger partial charge < -0.3 is 5.32 Å². The Bertz CT molecular complexity index is 374. The van der Waals surface area contributed by atoms with E-state index in [0.29, 0.717) is 11.4 Å². The molecular formula is C11H14ClN3. The van der Waals surface area contributed by atoms with E-state index in [1.165, 1.54) is 17.7 Å². The third-order valence-corrected chi connectivity index (χ3v) is 3.65. The van der Waals surface area contributed by atoms with Crippen molar-refractivity contribution in [1.29, 1.82) is 0 Å². The van der Waals surface area contributed by atoms with Crippen LogP contribution in [0.3, 0.4) is 0 Å². The second-order valence-electron chi connectivity index (χ2n) is 4.41. The molecule has 3 nitrogen and oxygen atoms in total. The fourth-order valence-electron chi connectivity index (χ4n) is 2.34. The van der Waals surface area contributed by atoms with E-state index in [9.17, 15) is 0 Å². The average Bonchev–Trinajstić information content (AvgIpc) is 2.64. The van der Waals surface area contributed by atoms with Gasteiger partial charge in [0, 0.05) is 22.7 Å². The maximum atomic E-state index is 5.95. The minimum Gasteiger partial charge on any atom is -0.367 e. The smallest absolute Gasteiger partial charge is 0.133 e. The van der Waals surface area contributed by atoms with E-state index in [-0.39, 0.29) is 0 Å². The molecule has 1 fully saturated rings. The van der Waals surface area contributed by atoms with Gasteiger partial charge in [-0.1, -0.05) is 0 Å². The first-order valence-electron chi connectivity index (χ1n) is 5.56. The van der Waals surface area contributed by atoms with Gasteiger partial charge in [0.05, 0.1) is 0 Å². The van der Waals surface area contributed by atoms with Gasteiger partial charge in [-0.2, -0.15) is 0 Å². The molecule has 15 heavy (non-hydrogen) atoms. The normalized spacial score (nSPS) is 28.3. The van der Waals surface area contributed by atoms with Gasteiger partial charge in [-0.05, 0) is 32.1 Å². The first kappa shape index (κ1) is 9.40. The predicted octanol–water partition coefficient (Wildman–Crippen LogP) is 2.15. The quantitative estimate of drug-likeness (QED) is 0.781. The lowest BCUT2D eigenvalue weighted by Crippen LogP contribution is -2.36. The van der Waals surface area contributed by atoms with E-state index < -0.39 is 0 Å². The Balaban J connectivity index is 1.77. The highest BCUT2D eigenvalue weighted by Crippen LogP contribution is 2.31. The zero-order chi connectivity index (χ0) is 10.3. The van der Waals surface area contributed by atoms with Crippen LogP contribution in [0.5, 0.6) is 0 Å². The molecule has 4 heteroatoms. The summed E-state index contributed by atoms with van der Waals surface area (Å²) in [5, 5.41) is 3.83. The van der Waals surface area contributed by atoms with Crippen LogP contribution in [0.2, 0.25) is 0 Å². The number of alkyl halides is 1. The minimum atomic E-state index is 0.359. The number of aromatic nitrogens is 2. The lowest BCUT2D eigenvalue weighted by molar-refractivity contribution is 0.453. The van der Waals surface area contributed by atoms with Crippen LogP contribution in [0.1, 0.15) is 30.5 Å². The van der Waals surface area contributed by atoms with Crippen molar-refractivity contribution in [3.63, 3.8) is 0 Å². The highest BCUT2D eigenvalue weighted by molar-refractivity contribution is 6.21. The first-order chi connectivity index (χ1) is 7.33. The van der Waals surface area contributed by atoms with Crippen molar-refractivity contribution in [3.05, 3.63) is 17.6 Å². The van der Waals surface area contributed by atoms with E-state index in [1.807, 2.05) is 0 Å². The molecule has 0 aliphatic heterocycles. The van der Waals surface area contributed by atoms with Crippen LogP contribution < -0.4 is 5.32 Å². The molecule has 80 valence electrons. The van der Waals surface area contributed by atoms with Crippen LogP contribution in [0.4, 0.5) is 5.82 Å². The van der Waals surface area contributed by atoms with Gasteiger partial charge in [0.1, 0.15) is 12.1 Å². The molecule has 0 atom stereocenters. The third-order valence-electron chi connectivity index (χ3n) is 3.30. The van der Waals surface area contributed by atoms with Crippen LogP contribution in [-0.4, -0.2) is 21.4 Å². The van der Waals surface area contributed by atoms with Gasteiger partial charge in [0.25, 0.3) is 0 Å². The molecule has 0 unspecified atom stereocenters. The maximum absolute atomic E-state index is 5.95. The topological polar surface area (TPSA) is 37.8 Å². The summed E-state index contributed by atoms with van der Waals surface area (Å²) in [5.74, 6) is 1.05. The Labute approximate surface area is 94.3 Å². The lowest BCUT2D eigenvalue weighted by atomic mass is 9.92. The fourth-order valence-corrected chi connectivity index (χ4v) is 2.77. The van der Waals surface area contributed by atoms with Crippen LogP contribution in [0.15, 0.2) is 6.33 Å². The summed E-state index contributed by atoms with van der Waals surface area (Å²) in [4.78, 5) is 8.64. The van der Waals surface area contributed by atoms with Crippen LogP contribution >= 0.6 is 11.6 Å². The molecule has 1 saturated carbocycles. The van der Waals surface area contributed by atoms with Crippen LogP contribution in [0, 0.1) is 0 Å². The summed E-state index contributed by atoms with van der Waals surface area (Å²) in [5.41, 5.74) is 2.56. The maximum Gasteiger partial charge on any atom is 0.133 e. The van der Waals surface area contributed by atoms with E-state index >= 15 is 0 Å². The number of aryl methyl sites for hydroxylation is 1. The molecule has 0 saturated heterocycles. The Morgan fingerprint density at radius 2 is 2.13 bits per heavy atom. The van der Waals surface area contributed by atoms with Crippen molar-refractivity contribution >= 4 is 17.4 Å². The van der Waals surface area contributed by atoms with Gasteiger partial charge in [-0.15, -0.1) is 11.6 Å². The van der Waals surface area contributed by atoms with E-state index in [4.69, 9.17) is 11.6 Å². The second-order valence-corrected chi connectivity index (χ2v) is 5.03. The summed E-state index contributed by atoms with van der Waals surface area (Å²) in [6.07, 6.45) is 7.22. The summed E-state index contributed by atoms with van der Waals surface area (Å²) in [6, 6.07) is 0.520. The first-order valence-corrected chi connectivity index (χ1v) is 6.00. The second kappa shape index (κ2) is 3.63. The molecule has 0 spiro atoms. The number of rotatable bonds is 2. The number of nitrogens with one attached hydrogen (secondary N) is 1. The number of hydrogen-bond acceptors (Lipinski definition) is 3. The lowest BCUT2D eigenvalue weighted by Gasteiger charge is -2.32. The van der Waals surface area contributed by atoms with Crippen molar-refractivity contribution in [2.75, 3.05) is 5.32 Å². The van der Waals surface area contributed by atoms with Gasteiger partial charge >= 0.3 is 0 Å². The Hall–Kier alpha value is -0.830. The number of hydrogen-bond donors (Lipinski definition) is 1. The van der Waals surface area contributed by atoms with Crippen molar-refractivity contribution in [1.82, 2.24) is 9.97 Å². The van der Waals surface area contributed by atoms with Gasteiger partial charge in [-0.25, -0.2) is 9.97 Å². The predicted molar refractivity (Wildman–Crippen MR) is 60.3 cm³/mol.